The Morgan fingerprint density at radius 3 is 2.21 bits per heavy atom. The van der Waals surface area contributed by atoms with Crippen LogP contribution in [0.4, 0.5) is 0 Å². The molecule has 0 heterocycles. The van der Waals surface area contributed by atoms with Crippen molar-refractivity contribution in [3.63, 3.8) is 0 Å². The topological polar surface area (TPSA) is 38.3 Å². The zero-order valence-corrected chi connectivity index (χ0v) is 12.9. The van der Waals surface area contributed by atoms with Gasteiger partial charge in [-0.3, -0.25) is 4.79 Å². The van der Waals surface area contributed by atoms with Crippen molar-refractivity contribution in [2.75, 3.05) is 20.2 Å². The lowest BCUT2D eigenvalue weighted by atomic mass is 9.82. The quantitative estimate of drug-likeness (QED) is 0.857. The number of methoxy groups -OCH3 is 1. The molecular formula is C16H25NO2. The second-order valence-electron chi connectivity index (χ2n) is 5.83. The van der Waals surface area contributed by atoms with Crippen molar-refractivity contribution in [1.29, 1.82) is 0 Å². The van der Waals surface area contributed by atoms with Crippen LogP contribution >= 0.6 is 0 Å². The number of hydrogen-bond acceptors (Lipinski definition) is 3. The Morgan fingerprint density at radius 1 is 1.26 bits per heavy atom. The number of nitrogens with one attached hydrogen (secondary N) is 1. The molecule has 0 fully saturated rings. The van der Waals surface area contributed by atoms with Gasteiger partial charge in [0.2, 0.25) is 0 Å². The molecule has 1 rings (SSSR count). The number of carbonyl (C=O) groups excluding carboxylic acids is 1. The SMILES string of the molecule is COc1c(C)cc(C(C)(C)CNCC(C)=O)cc1C. The van der Waals surface area contributed by atoms with E-state index >= 15 is 0 Å². The molecule has 0 aliphatic rings. The second-order valence-corrected chi connectivity index (χ2v) is 5.83. The van der Waals surface area contributed by atoms with Crippen LogP contribution in [-0.4, -0.2) is 26.0 Å². The Labute approximate surface area is 116 Å². The van der Waals surface area contributed by atoms with Crippen molar-refractivity contribution in [2.45, 2.75) is 40.0 Å². The molecule has 0 unspecified atom stereocenters. The molecule has 1 aromatic carbocycles. The largest absolute Gasteiger partial charge is 0.496 e. The monoisotopic (exact) mass is 263 g/mol. The minimum Gasteiger partial charge on any atom is -0.496 e. The van der Waals surface area contributed by atoms with E-state index in [0.29, 0.717) is 6.54 Å². The fourth-order valence-corrected chi connectivity index (χ4v) is 2.32. The first-order chi connectivity index (χ1) is 8.77. The van der Waals surface area contributed by atoms with Gasteiger partial charge in [0.25, 0.3) is 0 Å². The van der Waals surface area contributed by atoms with Crippen molar-refractivity contribution >= 4 is 5.78 Å². The van der Waals surface area contributed by atoms with Crippen LogP contribution in [0.2, 0.25) is 0 Å². The summed E-state index contributed by atoms with van der Waals surface area (Å²) in [6.07, 6.45) is 0. The van der Waals surface area contributed by atoms with Gasteiger partial charge in [0, 0.05) is 12.0 Å². The highest BCUT2D eigenvalue weighted by molar-refractivity contribution is 5.77. The molecule has 1 aromatic rings. The third-order valence-corrected chi connectivity index (χ3v) is 3.39. The van der Waals surface area contributed by atoms with Gasteiger partial charge in [-0.2, -0.15) is 0 Å². The van der Waals surface area contributed by atoms with Crippen LogP contribution in [-0.2, 0) is 10.2 Å². The Bertz CT molecular complexity index is 441. The molecular weight excluding hydrogens is 238 g/mol. The molecule has 0 radical (unpaired) electrons. The lowest BCUT2D eigenvalue weighted by molar-refractivity contribution is -0.116. The Morgan fingerprint density at radius 2 is 1.79 bits per heavy atom. The van der Waals surface area contributed by atoms with Gasteiger partial charge in [0.1, 0.15) is 11.5 Å². The molecule has 106 valence electrons. The lowest BCUT2D eigenvalue weighted by Crippen LogP contribution is -2.35. The molecule has 1 N–H and O–H groups in total. The summed E-state index contributed by atoms with van der Waals surface area (Å²) in [5.41, 5.74) is 3.55. The summed E-state index contributed by atoms with van der Waals surface area (Å²) in [4.78, 5) is 11.0. The summed E-state index contributed by atoms with van der Waals surface area (Å²) in [7, 11) is 1.70. The van der Waals surface area contributed by atoms with E-state index in [1.54, 1.807) is 14.0 Å². The van der Waals surface area contributed by atoms with E-state index in [2.05, 4.69) is 45.1 Å². The number of aryl methyl sites for hydroxylation is 2. The lowest BCUT2D eigenvalue weighted by Gasteiger charge is -2.27. The van der Waals surface area contributed by atoms with E-state index in [4.69, 9.17) is 4.74 Å². The molecule has 3 heteroatoms. The average Bonchev–Trinajstić information content (AvgIpc) is 2.27. The van der Waals surface area contributed by atoms with Gasteiger partial charge >= 0.3 is 0 Å². The van der Waals surface area contributed by atoms with Gasteiger partial charge in [-0.25, -0.2) is 0 Å². The summed E-state index contributed by atoms with van der Waals surface area (Å²) >= 11 is 0. The maximum absolute atomic E-state index is 11.0. The van der Waals surface area contributed by atoms with Crippen molar-refractivity contribution in [2.24, 2.45) is 0 Å². The fourth-order valence-electron chi connectivity index (χ4n) is 2.32. The van der Waals surface area contributed by atoms with Crippen LogP contribution in [0.1, 0.15) is 37.5 Å². The van der Waals surface area contributed by atoms with Gasteiger partial charge < -0.3 is 10.1 Å². The minimum atomic E-state index is -0.0166. The van der Waals surface area contributed by atoms with E-state index in [1.807, 2.05) is 0 Å². The predicted molar refractivity (Wildman–Crippen MR) is 79.0 cm³/mol. The molecule has 19 heavy (non-hydrogen) atoms. The molecule has 0 aliphatic heterocycles. The number of benzene rings is 1. The first-order valence-electron chi connectivity index (χ1n) is 6.64. The van der Waals surface area contributed by atoms with Crippen molar-refractivity contribution in [1.82, 2.24) is 5.32 Å². The summed E-state index contributed by atoms with van der Waals surface area (Å²) in [6.45, 7) is 11.3. The van der Waals surface area contributed by atoms with Gasteiger partial charge in [0.05, 0.1) is 13.7 Å². The number of carbonyl (C=O) groups is 1. The third-order valence-electron chi connectivity index (χ3n) is 3.39. The van der Waals surface area contributed by atoms with Crippen LogP contribution in [0.15, 0.2) is 12.1 Å². The summed E-state index contributed by atoms with van der Waals surface area (Å²) in [6, 6.07) is 4.34. The van der Waals surface area contributed by atoms with Crippen LogP contribution in [0.5, 0.6) is 5.75 Å². The van der Waals surface area contributed by atoms with Crippen LogP contribution < -0.4 is 10.1 Å². The normalized spacial score (nSPS) is 11.5. The molecule has 0 amide bonds. The van der Waals surface area contributed by atoms with Crippen molar-refractivity contribution < 1.29 is 9.53 Å². The third kappa shape index (κ3) is 4.06. The minimum absolute atomic E-state index is 0.0166. The fraction of sp³-hybridized carbons (Fsp3) is 0.562. The highest BCUT2D eigenvalue weighted by Crippen LogP contribution is 2.30. The number of rotatable bonds is 6. The van der Waals surface area contributed by atoms with E-state index < -0.39 is 0 Å². The number of ketones is 1. The molecule has 0 bridgehead atoms. The first-order valence-corrected chi connectivity index (χ1v) is 6.64. The van der Waals surface area contributed by atoms with Gasteiger partial charge in [-0.1, -0.05) is 26.0 Å². The van der Waals surface area contributed by atoms with Crippen LogP contribution in [0, 0.1) is 13.8 Å². The summed E-state index contributed by atoms with van der Waals surface area (Å²) < 4.78 is 5.40. The Balaban J connectivity index is 2.92. The smallest absolute Gasteiger partial charge is 0.143 e. The average molecular weight is 263 g/mol. The molecule has 0 spiro atoms. The van der Waals surface area contributed by atoms with E-state index in [-0.39, 0.29) is 11.2 Å². The maximum Gasteiger partial charge on any atom is 0.143 e. The first kappa shape index (κ1) is 15.7. The zero-order valence-electron chi connectivity index (χ0n) is 12.9. The van der Waals surface area contributed by atoms with Crippen molar-refractivity contribution in [3.05, 3.63) is 28.8 Å². The molecule has 0 aromatic heterocycles. The van der Waals surface area contributed by atoms with Gasteiger partial charge in [-0.15, -0.1) is 0 Å². The Kier molecular flexibility index (Phi) is 5.12. The number of ether oxygens (including phenoxy) is 1. The zero-order chi connectivity index (χ0) is 14.6. The highest BCUT2D eigenvalue weighted by atomic mass is 16.5. The summed E-state index contributed by atoms with van der Waals surface area (Å²) in [5.74, 6) is 1.12. The van der Waals surface area contributed by atoms with Crippen LogP contribution in [0.25, 0.3) is 0 Å². The van der Waals surface area contributed by atoms with E-state index in [0.717, 1.165) is 23.4 Å². The standard InChI is InChI=1S/C16H25NO2/c1-11-7-14(8-12(2)15(11)19-6)16(4,5)10-17-9-13(3)18/h7-8,17H,9-10H2,1-6H3. The molecule has 0 saturated heterocycles. The van der Waals surface area contributed by atoms with Crippen LogP contribution in [0.3, 0.4) is 0 Å². The molecule has 0 saturated carbocycles. The van der Waals surface area contributed by atoms with Gasteiger partial charge in [0.15, 0.2) is 0 Å². The van der Waals surface area contributed by atoms with Crippen molar-refractivity contribution in [3.8, 4) is 5.75 Å². The highest BCUT2D eigenvalue weighted by Gasteiger charge is 2.22. The summed E-state index contributed by atoms with van der Waals surface area (Å²) in [5, 5.41) is 3.21. The maximum atomic E-state index is 11.0. The molecule has 0 aliphatic carbocycles. The molecule has 0 atom stereocenters. The number of hydrogen-bond donors (Lipinski definition) is 1. The van der Waals surface area contributed by atoms with Gasteiger partial charge in [-0.05, 0) is 37.5 Å². The molecule has 3 nitrogen and oxygen atoms in total. The second kappa shape index (κ2) is 6.20. The van der Waals surface area contributed by atoms with E-state index in [9.17, 15) is 4.79 Å². The Hall–Kier alpha value is -1.35. The number of Topliss-reactive ketones (excluding diaryl/α,β-unsaturated/α-hetero) is 1. The predicted octanol–water partition coefficient (Wildman–Crippen LogP) is 2.77. The van der Waals surface area contributed by atoms with E-state index in [1.165, 1.54) is 5.56 Å².